The zero-order valence-corrected chi connectivity index (χ0v) is 11.8. The zero-order chi connectivity index (χ0) is 14.4. The molecular formula is C15H21N3O2. The number of amides is 2. The van der Waals surface area contributed by atoms with Crippen LogP contribution in [-0.4, -0.2) is 34.8 Å². The molecule has 1 aromatic heterocycles. The van der Waals surface area contributed by atoms with Crippen LogP contribution in [0, 0.1) is 5.92 Å². The third-order valence-corrected chi connectivity index (χ3v) is 3.68. The Morgan fingerprint density at radius 2 is 2.20 bits per heavy atom. The van der Waals surface area contributed by atoms with Gasteiger partial charge in [0, 0.05) is 32.1 Å². The van der Waals surface area contributed by atoms with Crippen LogP contribution in [0.25, 0.3) is 0 Å². The van der Waals surface area contributed by atoms with Crippen LogP contribution in [0.15, 0.2) is 24.4 Å². The molecule has 0 bridgehead atoms. The topological polar surface area (TPSA) is 62.3 Å². The second-order valence-corrected chi connectivity index (χ2v) is 5.18. The van der Waals surface area contributed by atoms with E-state index in [0.717, 1.165) is 25.0 Å². The van der Waals surface area contributed by atoms with Gasteiger partial charge in [0.1, 0.15) is 0 Å². The summed E-state index contributed by atoms with van der Waals surface area (Å²) in [5.41, 5.74) is 0.855. The standard InChI is InChI=1S/C15H21N3O2/c1-12(19)18(11-14-7-2-3-8-16-14)10-9-17-15(20)13-5-4-6-13/h2-3,7-8,13H,4-6,9-11H2,1H3,(H,17,20). The molecular weight excluding hydrogens is 254 g/mol. The Labute approximate surface area is 119 Å². The first-order chi connectivity index (χ1) is 9.66. The summed E-state index contributed by atoms with van der Waals surface area (Å²) in [6.07, 6.45) is 4.86. The molecule has 0 spiro atoms. The van der Waals surface area contributed by atoms with Crippen LogP contribution in [0.1, 0.15) is 31.9 Å². The van der Waals surface area contributed by atoms with E-state index in [-0.39, 0.29) is 17.7 Å². The highest BCUT2D eigenvalue weighted by molar-refractivity contribution is 5.79. The molecule has 2 rings (SSSR count). The molecule has 1 heterocycles. The third-order valence-electron chi connectivity index (χ3n) is 3.68. The second-order valence-electron chi connectivity index (χ2n) is 5.18. The van der Waals surface area contributed by atoms with Crippen LogP contribution in [0.4, 0.5) is 0 Å². The fraction of sp³-hybridized carbons (Fsp3) is 0.533. The van der Waals surface area contributed by atoms with E-state index in [9.17, 15) is 9.59 Å². The molecule has 5 heteroatoms. The van der Waals surface area contributed by atoms with Crippen LogP contribution >= 0.6 is 0 Å². The van der Waals surface area contributed by atoms with Gasteiger partial charge in [-0.2, -0.15) is 0 Å². The second kappa shape index (κ2) is 7.03. The van der Waals surface area contributed by atoms with Crippen molar-refractivity contribution < 1.29 is 9.59 Å². The van der Waals surface area contributed by atoms with E-state index in [1.807, 2.05) is 18.2 Å². The summed E-state index contributed by atoms with van der Waals surface area (Å²) in [5, 5.41) is 2.90. The molecule has 0 aromatic carbocycles. The molecule has 1 aromatic rings. The van der Waals surface area contributed by atoms with Gasteiger partial charge in [-0.3, -0.25) is 14.6 Å². The number of carbonyl (C=O) groups is 2. The van der Waals surface area contributed by atoms with Crippen molar-refractivity contribution in [1.82, 2.24) is 15.2 Å². The maximum absolute atomic E-state index is 11.7. The highest BCUT2D eigenvalue weighted by atomic mass is 16.2. The Morgan fingerprint density at radius 3 is 2.75 bits per heavy atom. The average molecular weight is 275 g/mol. The lowest BCUT2D eigenvalue weighted by atomic mass is 9.85. The predicted molar refractivity (Wildman–Crippen MR) is 75.7 cm³/mol. The van der Waals surface area contributed by atoms with Crippen LogP contribution in [0.3, 0.4) is 0 Å². The largest absolute Gasteiger partial charge is 0.354 e. The lowest BCUT2D eigenvalue weighted by Crippen LogP contribution is -2.40. The summed E-state index contributed by atoms with van der Waals surface area (Å²) < 4.78 is 0. The molecule has 5 nitrogen and oxygen atoms in total. The van der Waals surface area contributed by atoms with Crippen molar-refractivity contribution in [2.24, 2.45) is 5.92 Å². The number of aromatic nitrogens is 1. The molecule has 108 valence electrons. The van der Waals surface area contributed by atoms with Gasteiger partial charge in [-0.1, -0.05) is 12.5 Å². The Kier molecular flexibility index (Phi) is 5.09. The minimum Gasteiger partial charge on any atom is -0.354 e. The molecule has 1 N–H and O–H groups in total. The Morgan fingerprint density at radius 1 is 1.40 bits per heavy atom. The number of pyridine rings is 1. The van der Waals surface area contributed by atoms with E-state index in [1.54, 1.807) is 11.1 Å². The average Bonchev–Trinajstić information content (AvgIpc) is 2.36. The molecule has 2 amide bonds. The smallest absolute Gasteiger partial charge is 0.223 e. The predicted octanol–water partition coefficient (Wildman–Crippen LogP) is 1.35. The Balaban J connectivity index is 1.77. The number of hydrogen-bond acceptors (Lipinski definition) is 3. The molecule has 0 atom stereocenters. The van der Waals surface area contributed by atoms with Crippen LogP contribution in [0.2, 0.25) is 0 Å². The van der Waals surface area contributed by atoms with E-state index in [4.69, 9.17) is 0 Å². The minimum atomic E-state index is -0.00598. The van der Waals surface area contributed by atoms with Crippen molar-refractivity contribution in [1.29, 1.82) is 0 Å². The zero-order valence-electron chi connectivity index (χ0n) is 11.8. The maximum Gasteiger partial charge on any atom is 0.223 e. The van der Waals surface area contributed by atoms with Gasteiger partial charge >= 0.3 is 0 Å². The summed E-state index contributed by atoms with van der Waals surface area (Å²) in [6, 6.07) is 5.64. The van der Waals surface area contributed by atoms with Crippen molar-refractivity contribution in [3.05, 3.63) is 30.1 Å². The van der Waals surface area contributed by atoms with Gasteiger partial charge < -0.3 is 10.2 Å². The van der Waals surface area contributed by atoms with Crippen LogP contribution in [-0.2, 0) is 16.1 Å². The fourth-order valence-corrected chi connectivity index (χ4v) is 2.16. The van der Waals surface area contributed by atoms with Gasteiger partial charge in [0.15, 0.2) is 0 Å². The van der Waals surface area contributed by atoms with Gasteiger partial charge in [0.25, 0.3) is 0 Å². The first-order valence-electron chi connectivity index (χ1n) is 7.10. The van der Waals surface area contributed by atoms with Gasteiger partial charge in [-0.25, -0.2) is 0 Å². The van der Waals surface area contributed by atoms with Crippen molar-refractivity contribution in [2.45, 2.75) is 32.7 Å². The third kappa shape index (κ3) is 4.05. The van der Waals surface area contributed by atoms with Gasteiger partial charge in [0.05, 0.1) is 12.2 Å². The fourth-order valence-electron chi connectivity index (χ4n) is 2.16. The summed E-state index contributed by atoms with van der Waals surface area (Å²) in [4.78, 5) is 29.2. The number of carbonyl (C=O) groups excluding carboxylic acids is 2. The SMILES string of the molecule is CC(=O)N(CCNC(=O)C1CCC1)Cc1ccccn1. The molecule has 0 saturated heterocycles. The minimum absolute atomic E-state index is 0.00598. The molecule has 1 aliphatic rings. The monoisotopic (exact) mass is 275 g/mol. The van der Waals surface area contributed by atoms with E-state index in [0.29, 0.717) is 19.6 Å². The molecule has 1 fully saturated rings. The van der Waals surface area contributed by atoms with E-state index in [2.05, 4.69) is 10.3 Å². The lowest BCUT2D eigenvalue weighted by molar-refractivity contribution is -0.131. The number of rotatable bonds is 6. The van der Waals surface area contributed by atoms with E-state index < -0.39 is 0 Å². The Bertz CT molecular complexity index is 457. The molecule has 0 radical (unpaired) electrons. The highest BCUT2D eigenvalue weighted by Gasteiger charge is 2.24. The summed E-state index contributed by atoms with van der Waals surface area (Å²) >= 11 is 0. The normalized spacial score (nSPS) is 14.4. The van der Waals surface area contributed by atoms with E-state index in [1.165, 1.54) is 6.92 Å². The Hall–Kier alpha value is -1.91. The lowest BCUT2D eigenvalue weighted by Gasteiger charge is -2.25. The number of nitrogens with one attached hydrogen (secondary N) is 1. The molecule has 20 heavy (non-hydrogen) atoms. The number of nitrogens with zero attached hydrogens (tertiary/aromatic N) is 2. The van der Waals surface area contributed by atoms with Crippen LogP contribution in [0.5, 0.6) is 0 Å². The van der Waals surface area contributed by atoms with Gasteiger partial charge in [0.2, 0.25) is 11.8 Å². The maximum atomic E-state index is 11.7. The molecule has 1 saturated carbocycles. The molecule has 0 aliphatic heterocycles. The van der Waals surface area contributed by atoms with Crippen molar-refractivity contribution in [3.63, 3.8) is 0 Å². The van der Waals surface area contributed by atoms with Crippen molar-refractivity contribution >= 4 is 11.8 Å². The van der Waals surface area contributed by atoms with Gasteiger partial charge in [-0.15, -0.1) is 0 Å². The van der Waals surface area contributed by atoms with E-state index >= 15 is 0 Å². The van der Waals surface area contributed by atoms with Crippen LogP contribution < -0.4 is 5.32 Å². The quantitative estimate of drug-likeness (QED) is 0.852. The van der Waals surface area contributed by atoms with Crippen molar-refractivity contribution in [3.8, 4) is 0 Å². The van der Waals surface area contributed by atoms with Crippen molar-refractivity contribution in [2.75, 3.05) is 13.1 Å². The van der Waals surface area contributed by atoms with Gasteiger partial charge in [-0.05, 0) is 25.0 Å². The number of hydrogen-bond donors (Lipinski definition) is 1. The first-order valence-corrected chi connectivity index (χ1v) is 7.10. The summed E-state index contributed by atoms with van der Waals surface area (Å²) in [5.74, 6) is 0.308. The molecule has 1 aliphatic carbocycles. The summed E-state index contributed by atoms with van der Waals surface area (Å²) in [6.45, 7) is 3.04. The summed E-state index contributed by atoms with van der Waals surface area (Å²) in [7, 11) is 0. The first kappa shape index (κ1) is 14.5. The highest BCUT2D eigenvalue weighted by Crippen LogP contribution is 2.25. The molecule has 0 unspecified atom stereocenters.